The molecule has 2 N–H and O–H groups in total. The van der Waals surface area contributed by atoms with Gasteiger partial charge in [0.1, 0.15) is 11.5 Å². The number of para-hydroxylation sites is 1. The number of phenols is 1. The van der Waals surface area contributed by atoms with Gasteiger partial charge in [-0.05, 0) is 40.0 Å². The van der Waals surface area contributed by atoms with Crippen molar-refractivity contribution in [3.05, 3.63) is 94.0 Å². The van der Waals surface area contributed by atoms with Crippen molar-refractivity contribution >= 4 is 0 Å². The predicted octanol–water partition coefficient (Wildman–Crippen LogP) is 7.30. The summed E-state index contributed by atoms with van der Waals surface area (Å²) in [6.45, 7) is 13.4. The summed E-state index contributed by atoms with van der Waals surface area (Å²) in [5.41, 5.74) is 1.45. The molecule has 0 aromatic heterocycles. The number of hydrogen-bond donors (Lipinski definition) is 2. The van der Waals surface area contributed by atoms with Gasteiger partial charge in [-0.15, -0.1) is 0 Å². The van der Waals surface area contributed by atoms with Crippen molar-refractivity contribution in [1.82, 2.24) is 0 Å². The lowest BCUT2D eigenvalue weighted by Gasteiger charge is -2.46. The normalized spacial score (nSPS) is 21.8. The highest BCUT2D eigenvalue weighted by molar-refractivity contribution is 5.57. The molecule has 0 saturated carbocycles. The Morgan fingerprint density at radius 3 is 1.89 bits per heavy atom. The zero-order valence-electron chi connectivity index (χ0n) is 21.4. The van der Waals surface area contributed by atoms with E-state index in [0.717, 1.165) is 0 Å². The maximum atomic E-state index is 16.6. The first kappa shape index (κ1) is 25.2. The van der Waals surface area contributed by atoms with Crippen molar-refractivity contribution in [2.75, 3.05) is 0 Å². The first-order chi connectivity index (χ1) is 16.1. The van der Waals surface area contributed by atoms with Gasteiger partial charge >= 0.3 is 11.7 Å². The van der Waals surface area contributed by atoms with Crippen LogP contribution in [0.2, 0.25) is 0 Å². The minimum Gasteiger partial charge on any atom is -0.507 e. The molecule has 0 saturated heterocycles. The lowest BCUT2D eigenvalue weighted by molar-refractivity contribution is -0.303. The zero-order valence-corrected chi connectivity index (χ0v) is 21.4. The molecule has 35 heavy (non-hydrogen) atoms. The lowest BCUT2D eigenvalue weighted by Crippen LogP contribution is -2.56. The predicted molar refractivity (Wildman–Crippen MR) is 134 cm³/mol. The number of aryl methyl sites for hydroxylation is 1. The average Bonchev–Trinajstić information content (AvgIpc) is 2.75. The van der Waals surface area contributed by atoms with Gasteiger partial charge in [0, 0.05) is 11.1 Å². The van der Waals surface area contributed by atoms with Gasteiger partial charge in [-0.1, -0.05) is 102 Å². The molecule has 0 aliphatic carbocycles. The van der Waals surface area contributed by atoms with Crippen molar-refractivity contribution in [3.63, 3.8) is 0 Å². The monoisotopic (exact) mass is 480 g/mol. The van der Waals surface area contributed by atoms with E-state index >= 15 is 8.78 Å². The zero-order chi connectivity index (χ0) is 26.0. The van der Waals surface area contributed by atoms with Crippen LogP contribution in [0.4, 0.5) is 8.78 Å². The SMILES string of the molecule is Cc1cccc2c1OC(O)(c1ccccc1)C(F)(F)C2c1cc(C(C)(C)C)c(O)c(C(C)(C)C)c1. The van der Waals surface area contributed by atoms with E-state index in [0.29, 0.717) is 27.8 Å². The number of fused-ring (bicyclic) bond motifs is 1. The third kappa shape index (κ3) is 4.00. The summed E-state index contributed by atoms with van der Waals surface area (Å²) in [5.74, 6) is -7.74. The van der Waals surface area contributed by atoms with Crippen LogP contribution >= 0.6 is 0 Å². The van der Waals surface area contributed by atoms with Gasteiger partial charge in [0.05, 0.1) is 5.92 Å². The minimum absolute atomic E-state index is 0.0187. The molecular formula is C30H34F2O3. The van der Waals surface area contributed by atoms with Crippen LogP contribution in [0.15, 0.2) is 60.7 Å². The summed E-state index contributed by atoms with van der Waals surface area (Å²) in [5, 5.41) is 22.7. The highest BCUT2D eigenvalue weighted by atomic mass is 19.3. The molecule has 2 unspecified atom stereocenters. The standard InChI is InChI=1S/C30H34F2O3/c1-18-12-11-15-21-24(19-16-22(27(2,3)4)25(33)23(17-19)28(5,6)7)29(31,32)30(34,35-26(18)21)20-13-9-8-10-14-20/h8-17,24,33-34H,1-7H3. The summed E-state index contributed by atoms with van der Waals surface area (Å²) in [6.07, 6.45) is 0. The van der Waals surface area contributed by atoms with E-state index in [2.05, 4.69) is 0 Å². The van der Waals surface area contributed by atoms with Crippen LogP contribution in [0.1, 0.15) is 80.8 Å². The second-order valence-corrected chi connectivity index (χ2v) is 11.6. The van der Waals surface area contributed by atoms with Gasteiger partial charge in [-0.2, -0.15) is 8.78 Å². The molecule has 1 heterocycles. The number of hydrogen-bond acceptors (Lipinski definition) is 3. The summed E-state index contributed by atoms with van der Waals surface area (Å²) in [6, 6.07) is 16.3. The van der Waals surface area contributed by atoms with E-state index in [-0.39, 0.29) is 17.1 Å². The van der Waals surface area contributed by atoms with E-state index in [1.807, 2.05) is 41.5 Å². The van der Waals surface area contributed by atoms with Gasteiger partial charge in [0.15, 0.2) is 0 Å². The Balaban J connectivity index is 2.08. The van der Waals surface area contributed by atoms with E-state index in [1.165, 1.54) is 12.1 Å². The molecular weight excluding hydrogens is 446 g/mol. The Morgan fingerprint density at radius 1 is 0.829 bits per heavy atom. The van der Waals surface area contributed by atoms with Gasteiger partial charge in [0.25, 0.3) is 0 Å². The van der Waals surface area contributed by atoms with Crippen LogP contribution in [0.5, 0.6) is 11.5 Å². The Morgan fingerprint density at radius 2 is 1.37 bits per heavy atom. The largest absolute Gasteiger partial charge is 0.507 e. The number of phenolic OH excluding ortho intramolecular Hbond substituents is 1. The number of rotatable bonds is 2. The summed E-state index contributed by atoms with van der Waals surface area (Å²) in [4.78, 5) is 0. The molecule has 0 fully saturated rings. The van der Waals surface area contributed by atoms with Gasteiger partial charge in [-0.3, -0.25) is 0 Å². The van der Waals surface area contributed by atoms with E-state index < -0.39 is 28.5 Å². The van der Waals surface area contributed by atoms with Gasteiger partial charge < -0.3 is 14.9 Å². The molecule has 3 aromatic carbocycles. The Hall–Kier alpha value is -2.92. The average molecular weight is 481 g/mol. The summed E-state index contributed by atoms with van der Waals surface area (Å²) < 4.78 is 39.0. The molecule has 0 bridgehead atoms. The molecule has 5 heteroatoms. The first-order valence-electron chi connectivity index (χ1n) is 11.9. The van der Waals surface area contributed by atoms with Crippen molar-refractivity contribution in [1.29, 1.82) is 0 Å². The molecule has 3 nitrogen and oxygen atoms in total. The molecule has 0 radical (unpaired) electrons. The second kappa shape index (κ2) is 8.06. The number of ether oxygens (including phenoxy) is 1. The molecule has 0 amide bonds. The minimum atomic E-state index is -3.73. The molecule has 3 aromatic rings. The fourth-order valence-corrected chi connectivity index (χ4v) is 4.92. The summed E-state index contributed by atoms with van der Waals surface area (Å²) in [7, 11) is 0. The Labute approximate surface area is 206 Å². The molecule has 2 atom stereocenters. The first-order valence-corrected chi connectivity index (χ1v) is 11.9. The Bertz CT molecular complexity index is 1220. The van der Waals surface area contributed by atoms with E-state index in [1.54, 1.807) is 55.5 Å². The molecule has 4 rings (SSSR count). The third-order valence-corrected chi connectivity index (χ3v) is 6.86. The fourth-order valence-electron chi connectivity index (χ4n) is 4.92. The van der Waals surface area contributed by atoms with Crippen LogP contribution in [-0.4, -0.2) is 16.1 Å². The van der Waals surface area contributed by atoms with Crippen LogP contribution in [-0.2, 0) is 16.6 Å². The number of aromatic hydroxyl groups is 1. The highest BCUT2D eigenvalue weighted by Crippen LogP contribution is 2.58. The van der Waals surface area contributed by atoms with Crippen LogP contribution in [0.25, 0.3) is 0 Å². The van der Waals surface area contributed by atoms with E-state index in [9.17, 15) is 10.2 Å². The van der Waals surface area contributed by atoms with Gasteiger partial charge in [0.2, 0.25) is 0 Å². The lowest BCUT2D eigenvalue weighted by atomic mass is 9.72. The molecule has 1 aliphatic rings. The molecule has 1 aliphatic heterocycles. The van der Waals surface area contributed by atoms with Crippen molar-refractivity contribution in [2.45, 2.75) is 76.9 Å². The fraction of sp³-hybridized carbons (Fsp3) is 0.400. The van der Waals surface area contributed by atoms with Crippen molar-refractivity contribution in [3.8, 4) is 11.5 Å². The molecule has 0 spiro atoms. The Kier molecular flexibility index (Phi) is 5.80. The molecule has 186 valence electrons. The highest BCUT2D eigenvalue weighted by Gasteiger charge is 2.65. The van der Waals surface area contributed by atoms with Crippen LogP contribution in [0.3, 0.4) is 0 Å². The quantitative estimate of drug-likeness (QED) is 0.405. The van der Waals surface area contributed by atoms with Crippen LogP contribution < -0.4 is 4.74 Å². The van der Waals surface area contributed by atoms with Gasteiger partial charge in [-0.25, -0.2) is 0 Å². The second-order valence-electron chi connectivity index (χ2n) is 11.6. The number of benzene rings is 3. The topological polar surface area (TPSA) is 49.7 Å². The maximum absolute atomic E-state index is 16.6. The number of alkyl halides is 2. The van der Waals surface area contributed by atoms with E-state index in [4.69, 9.17) is 4.74 Å². The summed E-state index contributed by atoms with van der Waals surface area (Å²) >= 11 is 0. The number of aliphatic hydroxyl groups is 1. The number of halogens is 2. The van der Waals surface area contributed by atoms with Crippen molar-refractivity contribution < 1.29 is 23.7 Å². The smallest absolute Gasteiger partial charge is 0.327 e. The maximum Gasteiger partial charge on any atom is 0.327 e. The van der Waals surface area contributed by atoms with Crippen LogP contribution in [0, 0.1) is 6.92 Å². The van der Waals surface area contributed by atoms with Crippen molar-refractivity contribution in [2.24, 2.45) is 0 Å². The third-order valence-electron chi connectivity index (χ3n) is 6.86.